The van der Waals surface area contributed by atoms with Crippen LogP contribution in [-0.4, -0.2) is 35.7 Å². The van der Waals surface area contributed by atoms with E-state index in [0.717, 1.165) is 26.1 Å². The third kappa shape index (κ3) is 3.12. The van der Waals surface area contributed by atoms with Crippen molar-refractivity contribution in [2.45, 2.75) is 44.6 Å². The first-order valence-corrected chi connectivity index (χ1v) is 7.10. The van der Waals surface area contributed by atoms with Gasteiger partial charge >= 0.3 is 0 Å². The Hall–Kier alpha value is -0.860. The van der Waals surface area contributed by atoms with Gasteiger partial charge in [0.1, 0.15) is 0 Å². The van der Waals surface area contributed by atoms with Gasteiger partial charge in [-0.1, -0.05) is 44.2 Å². The number of aliphatic hydroxyl groups is 1. The van der Waals surface area contributed by atoms with Gasteiger partial charge in [0, 0.05) is 6.54 Å². The molecule has 1 heterocycles. The summed E-state index contributed by atoms with van der Waals surface area (Å²) in [7, 11) is 0. The second-order valence-electron chi connectivity index (χ2n) is 5.79. The molecule has 2 heteroatoms. The number of piperidine rings is 1. The van der Waals surface area contributed by atoms with Gasteiger partial charge in [-0.2, -0.15) is 0 Å². The highest BCUT2D eigenvalue weighted by Gasteiger charge is 2.31. The van der Waals surface area contributed by atoms with E-state index in [9.17, 15) is 5.11 Å². The number of aliphatic hydroxyl groups excluding tert-OH is 1. The summed E-state index contributed by atoms with van der Waals surface area (Å²) < 4.78 is 0. The van der Waals surface area contributed by atoms with Gasteiger partial charge < -0.3 is 10.0 Å². The first-order chi connectivity index (χ1) is 8.64. The maximum Gasteiger partial charge on any atom is 0.0664 e. The fourth-order valence-electron chi connectivity index (χ4n) is 2.79. The average molecular weight is 247 g/mol. The average Bonchev–Trinajstić information content (AvgIpc) is 2.42. The normalized spacial score (nSPS) is 21.7. The van der Waals surface area contributed by atoms with Gasteiger partial charge in [-0.15, -0.1) is 0 Å². The van der Waals surface area contributed by atoms with Crippen LogP contribution in [0.3, 0.4) is 0 Å². The maximum atomic E-state index is 9.72. The maximum absolute atomic E-state index is 9.72. The molecule has 0 aliphatic carbocycles. The topological polar surface area (TPSA) is 23.5 Å². The Bertz CT molecular complexity index is 355. The van der Waals surface area contributed by atoms with E-state index in [4.69, 9.17) is 0 Å². The molecule has 1 aromatic rings. The molecule has 100 valence electrons. The van der Waals surface area contributed by atoms with Gasteiger partial charge in [0.2, 0.25) is 0 Å². The standard InChI is InChI=1S/C16H25NO/c1-3-15(18)13-17-11-9-16(2,10-12-17)14-7-5-4-6-8-14/h4-8,15,18H,3,9-13H2,1-2H3/t15-/m0/s1. The lowest BCUT2D eigenvalue weighted by atomic mass is 9.74. The highest BCUT2D eigenvalue weighted by Crippen LogP contribution is 2.34. The highest BCUT2D eigenvalue weighted by molar-refractivity contribution is 5.25. The second-order valence-corrected chi connectivity index (χ2v) is 5.79. The molecule has 18 heavy (non-hydrogen) atoms. The summed E-state index contributed by atoms with van der Waals surface area (Å²) in [6.45, 7) is 7.45. The number of likely N-dealkylation sites (tertiary alicyclic amines) is 1. The van der Waals surface area contributed by atoms with E-state index in [1.807, 2.05) is 6.92 Å². The largest absolute Gasteiger partial charge is 0.392 e. The minimum absolute atomic E-state index is 0.161. The molecule has 1 aromatic carbocycles. The molecule has 0 bridgehead atoms. The first kappa shape index (κ1) is 13.6. The Labute approximate surface area is 111 Å². The fourth-order valence-corrected chi connectivity index (χ4v) is 2.79. The monoisotopic (exact) mass is 247 g/mol. The molecule has 1 atom stereocenters. The van der Waals surface area contributed by atoms with Crippen LogP contribution in [0.1, 0.15) is 38.7 Å². The Morgan fingerprint density at radius 3 is 2.39 bits per heavy atom. The molecule has 1 fully saturated rings. The van der Waals surface area contributed by atoms with E-state index in [-0.39, 0.29) is 6.10 Å². The van der Waals surface area contributed by atoms with Gasteiger partial charge in [-0.25, -0.2) is 0 Å². The van der Waals surface area contributed by atoms with Crippen molar-refractivity contribution >= 4 is 0 Å². The zero-order valence-corrected chi connectivity index (χ0v) is 11.6. The summed E-state index contributed by atoms with van der Waals surface area (Å²) in [6, 6.07) is 10.8. The second kappa shape index (κ2) is 5.85. The molecule has 2 nitrogen and oxygen atoms in total. The minimum atomic E-state index is -0.161. The molecule has 0 spiro atoms. The van der Waals surface area contributed by atoms with Crippen LogP contribution in [0, 0.1) is 0 Å². The van der Waals surface area contributed by atoms with Crippen LogP contribution >= 0.6 is 0 Å². The van der Waals surface area contributed by atoms with Gasteiger partial charge in [-0.05, 0) is 43.3 Å². The predicted octanol–water partition coefficient (Wildman–Crippen LogP) is 2.81. The van der Waals surface area contributed by atoms with Crippen molar-refractivity contribution in [3.63, 3.8) is 0 Å². The molecule has 1 saturated heterocycles. The lowest BCUT2D eigenvalue weighted by Crippen LogP contribution is -2.43. The molecule has 1 aliphatic rings. The molecule has 0 aromatic heterocycles. The van der Waals surface area contributed by atoms with Crippen LogP contribution in [0.4, 0.5) is 0 Å². The zero-order chi connectivity index (χ0) is 13.0. The summed E-state index contributed by atoms with van der Waals surface area (Å²) in [6.07, 6.45) is 3.07. The van der Waals surface area contributed by atoms with Gasteiger partial charge in [-0.3, -0.25) is 0 Å². The van der Waals surface area contributed by atoms with Crippen LogP contribution in [0.25, 0.3) is 0 Å². The number of rotatable bonds is 4. The zero-order valence-electron chi connectivity index (χ0n) is 11.6. The number of nitrogens with zero attached hydrogens (tertiary/aromatic N) is 1. The van der Waals surface area contributed by atoms with Crippen molar-refractivity contribution in [1.29, 1.82) is 0 Å². The summed E-state index contributed by atoms with van der Waals surface area (Å²) in [5, 5.41) is 9.72. The Morgan fingerprint density at radius 1 is 1.22 bits per heavy atom. The van der Waals surface area contributed by atoms with Crippen LogP contribution in [-0.2, 0) is 5.41 Å². The summed E-state index contributed by atoms with van der Waals surface area (Å²) in [4.78, 5) is 2.40. The van der Waals surface area contributed by atoms with E-state index in [2.05, 4.69) is 42.2 Å². The number of hydrogen-bond donors (Lipinski definition) is 1. The molecular weight excluding hydrogens is 222 g/mol. The first-order valence-electron chi connectivity index (χ1n) is 7.10. The predicted molar refractivity (Wildman–Crippen MR) is 75.8 cm³/mol. The quantitative estimate of drug-likeness (QED) is 0.884. The van der Waals surface area contributed by atoms with E-state index in [1.165, 1.54) is 18.4 Å². The van der Waals surface area contributed by atoms with E-state index >= 15 is 0 Å². The van der Waals surface area contributed by atoms with Crippen molar-refractivity contribution < 1.29 is 5.11 Å². The van der Waals surface area contributed by atoms with Crippen molar-refractivity contribution in [2.75, 3.05) is 19.6 Å². The van der Waals surface area contributed by atoms with Crippen molar-refractivity contribution in [3.8, 4) is 0 Å². The third-order valence-corrected chi connectivity index (χ3v) is 4.37. The summed E-state index contributed by atoms with van der Waals surface area (Å²) in [5.41, 5.74) is 1.77. The Balaban J connectivity index is 1.93. The van der Waals surface area contributed by atoms with E-state index in [1.54, 1.807) is 0 Å². The van der Waals surface area contributed by atoms with Gasteiger partial charge in [0.15, 0.2) is 0 Å². The SMILES string of the molecule is CC[C@H](O)CN1CCC(C)(c2ccccc2)CC1. The molecule has 1 N–H and O–H groups in total. The third-order valence-electron chi connectivity index (χ3n) is 4.37. The number of hydrogen-bond acceptors (Lipinski definition) is 2. The summed E-state index contributed by atoms with van der Waals surface area (Å²) in [5.74, 6) is 0. The summed E-state index contributed by atoms with van der Waals surface area (Å²) >= 11 is 0. The minimum Gasteiger partial charge on any atom is -0.392 e. The Morgan fingerprint density at radius 2 is 1.83 bits per heavy atom. The van der Waals surface area contributed by atoms with Crippen LogP contribution in [0.15, 0.2) is 30.3 Å². The molecule has 2 rings (SSSR count). The number of benzene rings is 1. The smallest absolute Gasteiger partial charge is 0.0664 e. The van der Waals surface area contributed by atoms with Gasteiger partial charge in [0.05, 0.1) is 6.10 Å². The van der Waals surface area contributed by atoms with E-state index < -0.39 is 0 Å². The van der Waals surface area contributed by atoms with Crippen LogP contribution in [0.2, 0.25) is 0 Å². The molecular formula is C16H25NO. The lowest BCUT2D eigenvalue weighted by Gasteiger charge is -2.40. The molecule has 0 saturated carbocycles. The molecule has 0 radical (unpaired) electrons. The Kier molecular flexibility index (Phi) is 4.41. The molecule has 0 amide bonds. The number of β-amino-alcohol motifs (C(OH)–C–C–N with tert-alkyl or cyclic N) is 1. The van der Waals surface area contributed by atoms with Crippen molar-refractivity contribution in [1.82, 2.24) is 4.90 Å². The van der Waals surface area contributed by atoms with E-state index in [0.29, 0.717) is 5.41 Å². The van der Waals surface area contributed by atoms with Crippen molar-refractivity contribution in [2.24, 2.45) is 0 Å². The lowest BCUT2D eigenvalue weighted by molar-refractivity contribution is 0.0822. The van der Waals surface area contributed by atoms with Crippen LogP contribution < -0.4 is 0 Å². The van der Waals surface area contributed by atoms with Crippen molar-refractivity contribution in [3.05, 3.63) is 35.9 Å². The van der Waals surface area contributed by atoms with Gasteiger partial charge in [0.25, 0.3) is 0 Å². The highest BCUT2D eigenvalue weighted by atomic mass is 16.3. The molecule has 1 aliphatic heterocycles. The molecule has 0 unspecified atom stereocenters. The fraction of sp³-hybridized carbons (Fsp3) is 0.625. The van der Waals surface area contributed by atoms with Crippen LogP contribution in [0.5, 0.6) is 0 Å².